The average Bonchev–Trinajstić information content (AvgIpc) is 2.76. The van der Waals surface area contributed by atoms with Gasteiger partial charge in [0.25, 0.3) is 0 Å². The lowest BCUT2D eigenvalue weighted by Crippen LogP contribution is -2.64. The number of nitrogens with one attached hydrogen (secondary N) is 2. The number of benzene rings is 2. The number of amidine groups is 1. The molecule has 4 rings (SSSR count). The van der Waals surface area contributed by atoms with Gasteiger partial charge in [0, 0.05) is 26.2 Å². The van der Waals surface area contributed by atoms with Crippen molar-refractivity contribution in [3.8, 4) is 0 Å². The van der Waals surface area contributed by atoms with Crippen molar-refractivity contribution in [1.82, 2.24) is 14.9 Å². The van der Waals surface area contributed by atoms with Crippen molar-refractivity contribution in [3.63, 3.8) is 0 Å². The second-order valence-electron chi connectivity index (χ2n) is 8.25. The Kier molecular flexibility index (Phi) is 7.42. The molecule has 2 heterocycles. The summed E-state index contributed by atoms with van der Waals surface area (Å²) >= 11 is 0. The zero-order valence-corrected chi connectivity index (χ0v) is 19.7. The van der Waals surface area contributed by atoms with Gasteiger partial charge in [0.15, 0.2) is 0 Å². The van der Waals surface area contributed by atoms with Gasteiger partial charge in [-0.3, -0.25) is 4.99 Å². The second kappa shape index (κ2) is 9.69. The van der Waals surface area contributed by atoms with Crippen LogP contribution in [0.15, 0.2) is 58.4 Å². The maximum Gasteiger partial charge on any atom is 0.243 e. The lowest BCUT2D eigenvalue weighted by Gasteiger charge is -2.44. The first-order chi connectivity index (χ1) is 14.4. The van der Waals surface area contributed by atoms with Crippen molar-refractivity contribution < 1.29 is 8.42 Å². The Morgan fingerprint density at radius 1 is 1.10 bits per heavy atom. The van der Waals surface area contributed by atoms with Crippen LogP contribution >= 0.6 is 12.4 Å². The summed E-state index contributed by atoms with van der Waals surface area (Å²) in [5.41, 5.74) is 2.68. The minimum Gasteiger partial charge on any atom is -0.368 e. The normalized spacial score (nSPS) is 18.8. The van der Waals surface area contributed by atoms with Gasteiger partial charge in [0.2, 0.25) is 10.0 Å². The molecule has 0 aromatic heterocycles. The van der Waals surface area contributed by atoms with E-state index >= 15 is 0 Å². The maximum absolute atomic E-state index is 13.3. The number of aliphatic imine (C=N–C) groups is 1. The van der Waals surface area contributed by atoms with E-state index < -0.39 is 10.0 Å². The van der Waals surface area contributed by atoms with Crippen LogP contribution in [0.1, 0.15) is 29.5 Å². The summed E-state index contributed by atoms with van der Waals surface area (Å²) in [6.45, 7) is 7.02. The van der Waals surface area contributed by atoms with E-state index in [9.17, 15) is 8.42 Å². The van der Waals surface area contributed by atoms with Crippen LogP contribution in [0.25, 0.3) is 0 Å². The van der Waals surface area contributed by atoms with E-state index in [-0.39, 0.29) is 17.9 Å². The molecule has 1 fully saturated rings. The van der Waals surface area contributed by atoms with Gasteiger partial charge < -0.3 is 10.6 Å². The largest absolute Gasteiger partial charge is 0.368 e. The molecule has 2 aromatic carbocycles. The molecule has 1 spiro atoms. The summed E-state index contributed by atoms with van der Waals surface area (Å²) in [7, 11) is -3.50. The average molecular weight is 463 g/mol. The van der Waals surface area contributed by atoms with Crippen LogP contribution in [0, 0.1) is 13.8 Å². The van der Waals surface area contributed by atoms with Crippen molar-refractivity contribution in [2.45, 2.75) is 43.7 Å². The first kappa shape index (κ1) is 23.7. The molecule has 6 nitrogen and oxygen atoms in total. The summed E-state index contributed by atoms with van der Waals surface area (Å²) in [4.78, 5) is 5.19. The Bertz CT molecular complexity index is 1030. The molecule has 2 aliphatic heterocycles. The van der Waals surface area contributed by atoms with Gasteiger partial charge in [-0.1, -0.05) is 42.5 Å². The van der Waals surface area contributed by atoms with E-state index in [0.717, 1.165) is 30.1 Å². The number of nitrogens with zero attached hydrogens (tertiary/aromatic N) is 2. The fourth-order valence-corrected chi connectivity index (χ4v) is 6.10. The van der Waals surface area contributed by atoms with Gasteiger partial charge in [0.05, 0.1) is 17.0 Å². The maximum atomic E-state index is 13.3. The highest BCUT2D eigenvalue weighted by atomic mass is 35.5. The molecule has 2 aliphatic rings. The van der Waals surface area contributed by atoms with Crippen LogP contribution < -0.4 is 10.6 Å². The van der Waals surface area contributed by atoms with Crippen LogP contribution in [0.3, 0.4) is 0 Å². The van der Waals surface area contributed by atoms with E-state index in [2.05, 4.69) is 22.8 Å². The number of piperidine rings is 1. The quantitative estimate of drug-likeness (QED) is 0.732. The van der Waals surface area contributed by atoms with Gasteiger partial charge in [-0.05, 0) is 49.4 Å². The predicted octanol–water partition coefficient (Wildman–Crippen LogP) is 3.04. The van der Waals surface area contributed by atoms with Crippen molar-refractivity contribution in [1.29, 1.82) is 0 Å². The molecular formula is C23H31ClN4O2S. The lowest BCUT2D eigenvalue weighted by molar-refractivity contribution is 0.241. The predicted molar refractivity (Wildman–Crippen MR) is 127 cm³/mol. The molecule has 0 aliphatic carbocycles. The van der Waals surface area contributed by atoms with Crippen LogP contribution in [-0.2, 0) is 16.6 Å². The molecule has 2 N–H and O–H groups in total. The zero-order valence-electron chi connectivity index (χ0n) is 18.1. The Labute approximate surface area is 191 Å². The molecule has 168 valence electrons. The fraction of sp³-hybridized carbons (Fsp3) is 0.435. The molecule has 0 radical (unpaired) electrons. The summed E-state index contributed by atoms with van der Waals surface area (Å²) in [5, 5.41) is 7.16. The highest BCUT2D eigenvalue weighted by molar-refractivity contribution is 7.89. The molecule has 0 amide bonds. The van der Waals surface area contributed by atoms with Gasteiger partial charge in [0.1, 0.15) is 5.84 Å². The molecule has 0 unspecified atom stereocenters. The van der Waals surface area contributed by atoms with E-state index in [0.29, 0.717) is 37.4 Å². The van der Waals surface area contributed by atoms with Crippen LogP contribution in [0.2, 0.25) is 0 Å². The van der Waals surface area contributed by atoms with Crippen LogP contribution in [0.5, 0.6) is 0 Å². The van der Waals surface area contributed by atoms with Crippen molar-refractivity contribution in [2.24, 2.45) is 4.99 Å². The van der Waals surface area contributed by atoms with E-state index in [1.165, 1.54) is 5.56 Å². The van der Waals surface area contributed by atoms with Crippen molar-refractivity contribution in [3.05, 3.63) is 65.2 Å². The lowest BCUT2D eigenvalue weighted by atomic mass is 9.85. The summed E-state index contributed by atoms with van der Waals surface area (Å²) in [5.74, 6) is 0.960. The first-order valence-electron chi connectivity index (χ1n) is 10.6. The SMILES string of the molecule is Cc1ccc(C)c(S(=O)(=O)N2CCC3(CC2)NCCN=C3NCc2ccccc2)c1.Cl. The van der Waals surface area contributed by atoms with E-state index in [4.69, 9.17) is 4.99 Å². The van der Waals surface area contributed by atoms with E-state index in [1.807, 2.05) is 44.2 Å². The van der Waals surface area contributed by atoms with Crippen molar-refractivity contribution in [2.75, 3.05) is 26.2 Å². The standard InChI is InChI=1S/C23H30N4O2S.ClH/c1-18-8-9-19(2)21(16-18)30(28,29)27-14-10-23(11-15-27)22(24-12-13-26-23)25-17-20-6-4-3-5-7-20;/h3-9,16,26H,10-15,17H2,1-2H3,(H,24,25);1H. The highest BCUT2D eigenvalue weighted by Crippen LogP contribution is 2.30. The number of rotatable bonds is 4. The second-order valence-corrected chi connectivity index (χ2v) is 10.2. The number of aryl methyl sites for hydroxylation is 2. The Morgan fingerprint density at radius 3 is 2.52 bits per heavy atom. The van der Waals surface area contributed by atoms with Gasteiger partial charge >= 0.3 is 0 Å². The number of halogens is 1. The minimum atomic E-state index is -3.50. The Morgan fingerprint density at radius 2 is 1.81 bits per heavy atom. The third-order valence-electron chi connectivity index (χ3n) is 6.14. The van der Waals surface area contributed by atoms with Gasteiger partial charge in [-0.2, -0.15) is 4.31 Å². The molecule has 0 saturated carbocycles. The Hall–Kier alpha value is -1.93. The smallest absolute Gasteiger partial charge is 0.243 e. The first-order valence-corrected chi connectivity index (χ1v) is 12.0. The third kappa shape index (κ3) is 4.95. The molecule has 0 atom stereocenters. The van der Waals surface area contributed by atoms with Gasteiger partial charge in [-0.25, -0.2) is 8.42 Å². The third-order valence-corrected chi connectivity index (χ3v) is 8.18. The minimum absolute atomic E-state index is 0. The topological polar surface area (TPSA) is 73.8 Å². The zero-order chi connectivity index (χ0) is 21.2. The molecular weight excluding hydrogens is 432 g/mol. The van der Waals surface area contributed by atoms with Gasteiger partial charge in [-0.15, -0.1) is 12.4 Å². The summed E-state index contributed by atoms with van der Waals surface area (Å²) < 4.78 is 28.2. The highest BCUT2D eigenvalue weighted by Gasteiger charge is 2.43. The van der Waals surface area contributed by atoms with Crippen LogP contribution in [0.4, 0.5) is 0 Å². The van der Waals surface area contributed by atoms with Crippen molar-refractivity contribution >= 4 is 28.3 Å². The number of sulfonamides is 1. The summed E-state index contributed by atoms with van der Waals surface area (Å²) in [6, 6.07) is 15.9. The molecule has 1 saturated heterocycles. The molecule has 31 heavy (non-hydrogen) atoms. The molecule has 0 bridgehead atoms. The van der Waals surface area contributed by atoms with Crippen LogP contribution in [-0.4, -0.2) is 50.3 Å². The molecule has 8 heteroatoms. The number of hydrogen-bond acceptors (Lipinski definition) is 5. The van der Waals surface area contributed by atoms with E-state index in [1.54, 1.807) is 10.4 Å². The number of hydrogen-bond donors (Lipinski definition) is 2. The summed E-state index contributed by atoms with van der Waals surface area (Å²) in [6.07, 6.45) is 1.41. The Balaban J connectivity index is 0.00000272. The fourth-order valence-electron chi connectivity index (χ4n) is 4.35. The molecule has 2 aromatic rings. The monoisotopic (exact) mass is 462 g/mol.